The van der Waals surface area contributed by atoms with Crippen molar-refractivity contribution in [2.75, 3.05) is 20.8 Å². The van der Waals surface area contributed by atoms with Crippen molar-refractivity contribution in [1.82, 2.24) is 4.90 Å². The number of esters is 1. The molecule has 2 aromatic rings. The number of aryl methyl sites for hydroxylation is 1. The topological polar surface area (TPSA) is 65.1 Å². The van der Waals surface area contributed by atoms with Crippen LogP contribution >= 0.6 is 0 Å². The first-order valence-corrected chi connectivity index (χ1v) is 8.74. The highest BCUT2D eigenvalue weighted by Gasteiger charge is 2.33. The van der Waals surface area contributed by atoms with E-state index in [0.29, 0.717) is 30.0 Å². The molecular weight excluding hydrogens is 346 g/mol. The number of carbonyl (C=O) groups excluding carboxylic acids is 2. The third kappa shape index (κ3) is 3.74. The summed E-state index contributed by atoms with van der Waals surface area (Å²) in [4.78, 5) is 26.4. The number of carbonyl (C=O) groups is 2. The van der Waals surface area contributed by atoms with Gasteiger partial charge in [0, 0.05) is 19.0 Å². The zero-order valence-electron chi connectivity index (χ0n) is 15.9. The average Bonchev–Trinajstić information content (AvgIpc) is 2.67. The average molecular weight is 369 g/mol. The molecule has 0 spiro atoms. The Morgan fingerprint density at radius 2 is 1.67 bits per heavy atom. The molecule has 0 bridgehead atoms. The molecule has 0 N–H and O–H groups in total. The second-order valence-electron chi connectivity index (χ2n) is 6.49. The summed E-state index contributed by atoms with van der Waals surface area (Å²) in [5, 5.41) is 0. The van der Waals surface area contributed by atoms with E-state index in [2.05, 4.69) is 0 Å². The van der Waals surface area contributed by atoms with E-state index in [1.54, 1.807) is 37.3 Å². The Hall–Kier alpha value is -3.02. The van der Waals surface area contributed by atoms with Crippen LogP contribution in [0.2, 0.25) is 0 Å². The second kappa shape index (κ2) is 7.70. The lowest BCUT2D eigenvalue weighted by Crippen LogP contribution is -2.41. The third-order valence-corrected chi connectivity index (χ3v) is 4.73. The minimum atomic E-state index is -0.806. The number of fused-ring (bicyclic) bond motifs is 1. The molecule has 6 heteroatoms. The van der Waals surface area contributed by atoms with Gasteiger partial charge in [0.1, 0.15) is 0 Å². The lowest BCUT2D eigenvalue weighted by molar-refractivity contribution is -0.140. The zero-order valence-corrected chi connectivity index (χ0v) is 15.9. The van der Waals surface area contributed by atoms with E-state index in [-0.39, 0.29) is 5.91 Å². The number of ether oxygens (including phenoxy) is 3. The number of hydrogen-bond donors (Lipinski definition) is 0. The molecule has 0 saturated heterocycles. The van der Waals surface area contributed by atoms with Gasteiger partial charge in [-0.05, 0) is 43.2 Å². The van der Waals surface area contributed by atoms with Crippen molar-refractivity contribution in [3.05, 3.63) is 58.7 Å². The summed E-state index contributed by atoms with van der Waals surface area (Å²) in [7, 11) is 3.12. The Bertz CT molecular complexity index is 860. The molecule has 27 heavy (non-hydrogen) atoms. The lowest BCUT2D eigenvalue weighted by Gasteiger charge is -2.36. The highest BCUT2D eigenvalue weighted by molar-refractivity contribution is 5.89. The molecule has 6 nitrogen and oxygen atoms in total. The standard InChI is InChI=1S/C21H23NO5/c1-13-5-7-15(8-6-13)21(24)27-20-17-12-19(26-4)18(25-3)11-16(17)9-10-22(20)14(2)23/h5-8,11-12,20H,9-10H2,1-4H3. The smallest absolute Gasteiger partial charge is 0.340 e. The first-order chi connectivity index (χ1) is 12.9. The minimum Gasteiger partial charge on any atom is -0.493 e. The zero-order chi connectivity index (χ0) is 19.6. The van der Waals surface area contributed by atoms with E-state index in [9.17, 15) is 9.59 Å². The second-order valence-corrected chi connectivity index (χ2v) is 6.49. The van der Waals surface area contributed by atoms with E-state index >= 15 is 0 Å². The first kappa shape index (κ1) is 18.8. The van der Waals surface area contributed by atoms with Gasteiger partial charge in [-0.1, -0.05) is 17.7 Å². The van der Waals surface area contributed by atoms with E-state index in [1.807, 2.05) is 25.1 Å². The Morgan fingerprint density at radius 1 is 1.04 bits per heavy atom. The molecule has 1 unspecified atom stereocenters. The van der Waals surface area contributed by atoms with Crippen LogP contribution in [0.1, 0.15) is 40.2 Å². The van der Waals surface area contributed by atoms with E-state index in [0.717, 1.165) is 16.7 Å². The Labute approximate surface area is 158 Å². The predicted molar refractivity (Wildman–Crippen MR) is 100.0 cm³/mol. The Morgan fingerprint density at radius 3 is 2.26 bits per heavy atom. The van der Waals surface area contributed by atoms with Crippen LogP contribution in [0.15, 0.2) is 36.4 Å². The van der Waals surface area contributed by atoms with E-state index in [1.165, 1.54) is 6.92 Å². The van der Waals surface area contributed by atoms with Crippen LogP contribution in [0.3, 0.4) is 0 Å². The van der Waals surface area contributed by atoms with Crippen LogP contribution in [-0.2, 0) is 16.0 Å². The predicted octanol–water partition coefficient (Wildman–Crippen LogP) is 3.27. The normalized spacial score (nSPS) is 15.7. The summed E-state index contributed by atoms with van der Waals surface area (Å²) in [5.74, 6) is 0.500. The number of amides is 1. The summed E-state index contributed by atoms with van der Waals surface area (Å²) < 4.78 is 16.5. The molecule has 1 atom stereocenters. The minimum absolute atomic E-state index is 0.155. The SMILES string of the molecule is COc1cc2c(cc1OC)C(OC(=O)c1ccc(C)cc1)N(C(C)=O)CC2. The number of benzene rings is 2. The fourth-order valence-corrected chi connectivity index (χ4v) is 3.22. The molecular formula is C21H23NO5. The Kier molecular flexibility index (Phi) is 5.35. The van der Waals surface area contributed by atoms with Gasteiger partial charge in [0.05, 0.1) is 19.8 Å². The summed E-state index contributed by atoms with van der Waals surface area (Å²) in [5.41, 5.74) is 3.19. The molecule has 3 rings (SSSR count). The van der Waals surface area contributed by atoms with Gasteiger partial charge in [-0.15, -0.1) is 0 Å². The highest BCUT2D eigenvalue weighted by Crippen LogP contribution is 2.39. The van der Waals surface area contributed by atoms with Crippen molar-refractivity contribution in [3.8, 4) is 11.5 Å². The number of methoxy groups -OCH3 is 2. The Balaban J connectivity index is 1.99. The van der Waals surface area contributed by atoms with Gasteiger partial charge in [-0.2, -0.15) is 0 Å². The quantitative estimate of drug-likeness (QED) is 0.774. The van der Waals surface area contributed by atoms with Crippen LogP contribution in [0.4, 0.5) is 0 Å². The van der Waals surface area contributed by atoms with Crippen LogP contribution in [0.5, 0.6) is 11.5 Å². The van der Waals surface area contributed by atoms with Gasteiger partial charge in [-0.3, -0.25) is 4.79 Å². The molecule has 0 radical (unpaired) electrons. The van der Waals surface area contributed by atoms with Crippen molar-refractivity contribution in [2.45, 2.75) is 26.5 Å². The van der Waals surface area contributed by atoms with Crippen LogP contribution in [-0.4, -0.2) is 37.5 Å². The van der Waals surface area contributed by atoms with E-state index in [4.69, 9.17) is 14.2 Å². The maximum Gasteiger partial charge on any atom is 0.340 e. The molecule has 0 saturated carbocycles. The van der Waals surface area contributed by atoms with Crippen LogP contribution in [0.25, 0.3) is 0 Å². The summed E-state index contributed by atoms with van der Waals surface area (Å²) in [6.07, 6.45) is -0.159. The summed E-state index contributed by atoms with van der Waals surface area (Å²) in [6.45, 7) is 3.88. The maximum absolute atomic E-state index is 12.7. The van der Waals surface area contributed by atoms with Gasteiger partial charge >= 0.3 is 5.97 Å². The van der Waals surface area contributed by atoms with Crippen LogP contribution in [0, 0.1) is 6.92 Å². The van der Waals surface area contributed by atoms with Crippen molar-refractivity contribution >= 4 is 11.9 Å². The number of rotatable bonds is 4. The van der Waals surface area contributed by atoms with Crippen molar-refractivity contribution in [3.63, 3.8) is 0 Å². The third-order valence-electron chi connectivity index (χ3n) is 4.73. The molecule has 1 amide bonds. The van der Waals surface area contributed by atoms with E-state index < -0.39 is 12.2 Å². The van der Waals surface area contributed by atoms with Crippen LogP contribution < -0.4 is 9.47 Å². The van der Waals surface area contributed by atoms with Gasteiger partial charge in [-0.25, -0.2) is 4.79 Å². The molecule has 0 aliphatic carbocycles. The maximum atomic E-state index is 12.7. The highest BCUT2D eigenvalue weighted by atomic mass is 16.6. The summed E-state index contributed by atoms with van der Waals surface area (Å²) in [6, 6.07) is 10.8. The molecule has 2 aromatic carbocycles. The molecule has 1 aliphatic rings. The number of nitrogens with zero attached hydrogens (tertiary/aromatic N) is 1. The fourth-order valence-electron chi connectivity index (χ4n) is 3.22. The van der Waals surface area contributed by atoms with Gasteiger partial charge in [0.2, 0.25) is 12.1 Å². The summed E-state index contributed by atoms with van der Waals surface area (Å²) >= 11 is 0. The van der Waals surface area contributed by atoms with Gasteiger partial charge < -0.3 is 19.1 Å². The largest absolute Gasteiger partial charge is 0.493 e. The van der Waals surface area contributed by atoms with Gasteiger partial charge in [0.15, 0.2) is 11.5 Å². The molecule has 0 fully saturated rings. The first-order valence-electron chi connectivity index (χ1n) is 8.74. The molecule has 1 heterocycles. The monoisotopic (exact) mass is 369 g/mol. The van der Waals surface area contributed by atoms with Crippen molar-refractivity contribution < 1.29 is 23.8 Å². The lowest BCUT2D eigenvalue weighted by atomic mass is 9.97. The van der Waals surface area contributed by atoms with Crippen molar-refractivity contribution in [2.24, 2.45) is 0 Å². The fraction of sp³-hybridized carbons (Fsp3) is 0.333. The molecule has 142 valence electrons. The molecule has 0 aromatic heterocycles. The van der Waals surface area contributed by atoms with Crippen molar-refractivity contribution in [1.29, 1.82) is 0 Å². The molecule has 1 aliphatic heterocycles. The van der Waals surface area contributed by atoms with Gasteiger partial charge in [0.25, 0.3) is 0 Å². The number of hydrogen-bond acceptors (Lipinski definition) is 5.